The van der Waals surface area contributed by atoms with Crippen LogP contribution in [0.3, 0.4) is 0 Å². The van der Waals surface area contributed by atoms with E-state index in [9.17, 15) is 4.79 Å². The van der Waals surface area contributed by atoms with Crippen molar-refractivity contribution in [3.05, 3.63) is 95.7 Å². The van der Waals surface area contributed by atoms with Gasteiger partial charge in [-0.2, -0.15) is 5.10 Å². The lowest BCUT2D eigenvalue weighted by molar-refractivity contribution is 0.102. The van der Waals surface area contributed by atoms with Crippen LogP contribution in [0.25, 0.3) is 10.8 Å². The number of hydrogen-bond acceptors (Lipinski definition) is 3. The number of anilines is 1. The second-order valence-electron chi connectivity index (χ2n) is 7.42. The summed E-state index contributed by atoms with van der Waals surface area (Å²) in [5, 5.41) is 9.58. The van der Waals surface area contributed by atoms with Crippen LogP contribution < -0.4 is 5.32 Å². The molecular formula is C24H22N4O. The molecule has 1 aromatic heterocycles. The van der Waals surface area contributed by atoms with Crippen LogP contribution in [0.15, 0.2) is 78.9 Å². The van der Waals surface area contributed by atoms with Gasteiger partial charge in [0.05, 0.1) is 12.2 Å². The molecule has 1 N–H and O–H groups in total. The van der Waals surface area contributed by atoms with Crippen molar-refractivity contribution in [2.75, 3.05) is 11.9 Å². The van der Waals surface area contributed by atoms with Gasteiger partial charge < -0.3 is 5.32 Å². The molecule has 5 heteroatoms. The number of carbonyl (C=O) groups excluding carboxylic acids is 1. The van der Waals surface area contributed by atoms with Gasteiger partial charge in [-0.1, -0.05) is 66.7 Å². The van der Waals surface area contributed by atoms with Crippen molar-refractivity contribution in [2.24, 2.45) is 0 Å². The normalized spacial score (nSPS) is 13.9. The van der Waals surface area contributed by atoms with Crippen molar-refractivity contribution in [3.8, 4) is 0 Å². The fourth-order valence-electron chi connectivity index (χ4n) is 3.97. The number of hydrogen-bond donors (Lipinski definition) is 1. The zero-order valence-electron chi connectivity index (χ0n) is 16.1. The van der Waals surface area contributed by atoms with Crippen LogP contribution in [0.2, 0.25) is 0 Å². The summed E-state index contributed by atoms with van der Waals surface area (Å²) in [5.74, 6) is 0.484. The average Bonchev–Trinajstić information content (AvgIpc) is 3.15. The Balaban J connectivity index is 1.32. The zero-order chi connectivity index (χ0) is 19.6. The number of amides is 1. The van der Waals surface area contributed by atoms with Crippen LogP contribution >= 0.6 is 0 Å². The van der Waals surface area contributed by atoms with Gasteiger partial charge in [0.1, 0.15) is 0 Å². The molecule has 5 rings (SSSR count). The molecule has 0 fully saturated rings. The second-order valence-corrected chi connectivity index (χ2v) is 7.42. The fourth-order valence-corrected chi connectivity index (χ4v) is 3.97. The first-order valence-corrected chi connectivity index (χ1v) is 9.88. The minimum absolute atomic E-state index is 0.126. The molecule has 29 heavy (non-hydrogen) atoms. The molecule has 5 nitrogen and oxygen atoms in total. The molecular weight excluding hydrogens is 360 g/mol. The lowest BCUT2D eigenvalue weighted by atomic mass is 10.0. The lowest BCUT2D eigenvalue weighted by Crippen LogP contribution is -2.33. The van der Waals surface area contributed by atoms with Crippen LogP contribution in [-0.2, 0) is 19.6 Å². The Labute approximate surface area is 169 Å². The smallest absolute Gasteiger partial charge is 0.257 e. The first-order chi connectivity index (χ1) is 14.3. The van der Waals surface area contributed by atoms with Crippen molar-refractivity contribution < 1.29 is 4.79 Å². The monoisotopic (exact) mass is 382 g/mol. The Morgan fingerprint density at radius 3 is 2.62 bits per heavy atom. The van der Waals surface area contributed by atoms with E-state index in [1.165, 1.54) is 5.56 Å². The summed E-state index contributed by atoms with van der Waals surface area (Å²) in [4.78, 5) is 15.3. The van der Waals surface area contributed by atoms with Gasteiger partial charge in [0.15, 0.2) is 5.82 Å². The second kappa shape index (κ2) is 7.53. The molecule has 1 amide bonds. The highest BCUT2D eigenvalue weighted by Gasteiger charge is 2.20. The Bertz CT molecular complexity index is 1160. The Kier molecular flexibility index (Phi) is 4.58. The molecule has 0 spiro atoms. The fraction of sp³-hybridized carbons (Fsp3) is 0.167. The van der Waals surface area contributed by atoms with Gasteiger partial charge >= 0.3 is 0 Å². The Morgan fingerprint density at radius 2 is 1.72 bits per heavy atom. The van der Waals surface area contributed by atoms with Gasteiger partial charge in [-0.15, -0.1) is 0 Å². The molecule has 0 aliphatic carbocycles. The third kappa shape index (κ3) is 3.65. The quantitative estimate of drug-likeness (QED) is 0.572. The van der Waals surface area contributed by atoms with E-state index in [1.807, 2.05) is 59.3 Å². The van der Waals surface area contributed by atoms with Crippen molar-refractivity contribution >= 4 is 22.5 Å². The minimum Gasteiger partial charge on any atom is -0.305 e. The summed E-state index contributed by atoms with van der Waals surface area (Å²) in [6.45, 7) is 3.52. The molecule has 0 bridgehead atoms. The van der Waals surface area contributed by atoms with Gasteiger partial charge in [0.2, 0.25) is 0 Å². The van der Waals surface area contributed by atoms with E-state index in [0.717, 1.165) is 42.6 Å². The average molecular weight is 382 g/mol. The number of rotatable bonds is 4. The highest BCUT2D eigenvalue weighted by molar-refractivity contribution is 6.12. The van der Waals surface area contributed by atoms with Gasteiger partial charge in [-0.25, -0.2) is 0 Å². The van der Waals surface area contributed by atoms with E-state index in [0.29, 0.717) is 11.4 Å². The zero-order valence-corrected chi connectivity index (χ0v) is 16.1. The van der Waals surface area contributed by atoms with E-state index in [1.54, 1.807) is 0 Å². The number of nitrogens with one attached hydrogen (secondary N) is 1. The van der Waals surface area contributed by atoms with Crippen molar-refractivity contribution in [3.63, 3.8) is 0 Å². The molecule has 0 saturated heterocycles. The summed E-state index contributed by atoms with van der Waals surface area (Å²) >= 11 is 0. The first kappa shape index (κ1) is 17.6. The van der Waals surface area contributed by atoms with Gasteiger partial charge in [0, 0.05) is 31.3 Å². The van der Waals surface area contributed by atoms with Crippen LogP contribution in [0.5, 0.6) is 0 Å². The van der Waals surface area contributed by atoms with Crippen molar-refractivity contribution in [2.45, 2.75) is 19.6 Å². The van der Waals surface area contributed by atoms with Gasteiger partial charge in [-0.3, -0.25) is 14.4 Å². The standard InChI is InChI=1S/C24H22N4O/c29-24(22-12-6-10-19-9-4-5-11-21(19)22)25-23-15-20-17-27(13-14-28(20)26-23)16-18-7-2-1-3-8-18/h1-12,15H,13-14,16-17H2,(H,25,26,29). The predicted molar refractivity (Wildman–Crippen MR) is 115 cm³/mol. The van der Waals surface area contributed by atoms with Crippen LogP contribution in [0.1, 0.15) is 21.6 Å². The maximum absolute atomic E-state index is 12.9. The largest absolute Gasteiger partial charge is 0.305 e. The molecule has 4 aromatic rings. The Hall–Kier alpha value is -3.44. The van der Waals surface area contributed by atoms with Crippen molar-refractivity contribution in [1.82, 2.24) is 14.7 Å². The minimum atomic E-state index is -0.126. The van der Waals surface area contributed by atoms with Gasteiger partial charge in [0.25, 0.3) is 5.91 Å². The van der Waals surface area contributed by atoms with E-state index in [4.69, 9.17) is 0 Å². The maximum atomic E-state index is 12.9. The van der Waals surface area contributed by atoms with Crippen LogP contribution in [0, 0.1) is 0 Å². The predicted octanol–water partition coefficient (Wildman–Crippen LogP) is 4.30. The van der Waals surface area contributed by atoms with E-state index >= 15 is 0 Å². The third-order valence-electron chi connectivity index (χ3n) is 5.40. The van der Waals surface area contributed by atoms with E-state index in [-0.39, 0.29) is 5.91 Å². The SMILES string of the molecule is O=C(Nc1cc2n(n1)CCN(Cc1ccccc1)C2)c1cccc2ccccc12. The van der Waals surface area contributed by atoms with E-state index in [2.05, 4.69) is 39.6 Å². The van der Waals surface area contributed by atoms with E-state index < -0.39 is 0 Å². The topological polar surface area (TPSA) is 50.2 Å². The number of nitrogens with zero attached hydrogens (tertiary/aromatic N) is 3. The van der Waals surface area contributed by atoms with Crippen molar-refractivity contribution in [1.29, 1.82) is 0 Å². The molecule has 144 valence electrons. The molecule has 1 aliphatic rings. The molecule has 0 radical (unpaired) electrons. The highest BCUT2D eigenvalue weighted by Crippen LogP contribution is 2.22. The number of benzene rings is 3. The number of aromatic nitrogens is 2. The summed E-state index contributed by atoms with van der Waals surface area (Å²) in [6.07, 6.45) is 0. The van der Waals surface area contributed by atoms with Crippen LogP contribution in [-0.4, -0.2) is 27.1 Å². The summed E-state index contributed by atoms with van der Waals surface area (Å²) in [5.41, 5.74) is 3.10. The number of fused-ring (bicyclic) bond motifs is 2. The molecule has 0 saturated carbocycles. The third-order valence-corrected chi connectivity index (χ3v) is 5.40. The highest BCUT2D eigenvalue weighted by atomic mass is 16.1. The molecule has 0 atom stereocenters. The number of carbonyl (C=O) groups is 1. The Morgan fingerprint density at radius 1 is 0.931 bits per heavy atom. The van der Waals surface area contributed by atoms with Gasteiger partial charge in [-0.05, 0) is 22.4 Å². The summed E-state index contributed by atoms with van der Waals surface area (Å²) in [6, 6.07) is 26.2. The lowest BCUT2D eigenvalue weighted by Gasteiger charge is -2.27. The maximum Gasteiger partial charge on any atom is 0.257 e. The van der Waals surface area contributed by atoms with Crippen LogP contribution in [0.4, 0.5) is 5.82 Å². The molecule has 1 aliphatic heterocycles. The molecule has 0 unspecified atom stereocenters. The molecule has 3 aromatic carbocycles. The summed E-state index contributed by atoms with van der Waals surface area (Å²) < 4.78 is 2.00. The summed E-state index contributed by atoms with van der Waals surface area (Å²) in [7, 11) is 0. The molecule has 2 heterocycles. The first-order valence-electron chi connectivity index (χ1n) is 9.88.